The Kier molecular flexibility index (Phi) is 11.7. The lowest BCUT2D eigenvalue weighted by Gasteiger charge is -2.34. The van der Waals surface area contributed by atoms with Crippen LogP contribution in [0.2, 0.25) is 25.1 Å². The van der Waals surface area contributed by atoms with Crippen molar-refractivity contribution >= 4 is 85.5 Å². The van der Waals surface area contributed by atoms with E-state index in [2.05, 4.69) is 5.32 Å². The van der Waals surface area contributed by atoms with Gasteiger partial charge in [0.1, 0.15) is 12.6 Å². The van der Waals surface area contributed by atoms with Crippen LogP contribution in [0, 0.1) is 0 Å². The van der Waals surface area contributed by atoms with Gasteiger partial charge in [0.2, 0.25) is 21.8 Å². The van der Waals surface area contributed by atoms with E-state index in [1.165, 1.54) is 17.0 Å². The van der Waals surface area contributed by atoms with Crippen LogP contribution >= 0.6 is 58.0 Å². The number of benzene rings is 2. The molecule has 0 aliphatic carbocycles. The molecule has 0 unspecified atom stereocenters. The molecule has 0 aliphatic rings. The fraction of sp³-hybridized carbons (Fsp3) is 0.417. The summed E-state index contributed by atoms with van der Waals surface area (Å²) in [5.41, 5.74) is 0.396. The summed E-state index contributed by atoms with van der Waals surface area (Å²) >= 11 is 31.1. The lowest BCUT2D eigenvalue weighted by molar-refractivity contribution is -0.140. The predicted molar refractivity (Wildman–Crippen MR) is 153 cm³/mol. The lowest BCUT2D eigenvalue weighted by atomic mass is 10.1. The van der Waals surface area contributed by atoms with Crippen LogP contribution in [0.3, 0.4) is 0 Å². The minimum absolute atomic E-state index is 0.0186. The Balaban J connectivity index is 2.57. The highest BCUT2D eigenvalue weighted by molar-refractivity contribution is 7.92. The van der Waals surface area contributed by atoms with E-state index in [-0.39, 0.29) is 45.7 Å². The topological polar surface area (TPSA) is 86.8 Å². The van der Waals surface area contributed by atoms with Gasteiger partial charge in [0.25, 0.3) is 0 Å². The Hall–Kier alpha value is -1.42. The number of amides is 2. The van der Waals surface area contributed by atoms with E-state index < -0.39 is 28.5 Å². The first-order valence-electron chi connectivity index (χ1n) is 11.4. The van der Waals surface area contributed by atoms with Crippen molar-refractivity contribution < 1.29 is 18.0 Å². The molecule has 0 saturated heterocycles. The number of halogens is 5. The van der Waals surface area contributed by atoms with Gasteiger partial charge in [-0.05, 0) is 44.0 Å². The van der Waals surface area contributed by atoms with E-state index >= 15 is 0 Å². The second kappa shape index (κ2) is 13.6. The van der Waals surface area contributed by atoms with Gasteiger partial charge >= 0.3 is 0 Å². The average molecular weight is 632 g/mol. The van der Waals surface area contributed by atoms with Crippen molar-refractivity contribution in [2.24, 2.45) is 0 Å². The van der Waals surface area contributed by atoms with Gasteiger partial charge in [0, 0.05) is 28.2 Å². The van der Waals surface area contributed by atoms with Crippen LogP contribution in [0.5, 0.6) is 0 Å². The van der Waals surface area contributed by atoms with Gasteiger partial charge in [-0.2, -0.15) is 0 Å². The van der Waals surface area contributed by atoms with Gasteiger partial charge in [0.15, 0.2) is 0 Å². The molecule has 0 aromatic heterocycles. The molecule has 7 nitrogen and oxygen atoms in total. The van der Waals surface area contributed by atoms with Crippen molar-refractivity contribution in [3.63, 3.8) is 0 Å². The second-order valence-electron chi connectivity index (χ2n) is 8.45. The molecule has 37 heavy (non-hydrogen) atoms. The SMILES string of the molecule is CC[C@H](C)NC(=O)[C@H](CC)N(Cc1c(Cl)cccc1Cl)C(=O)CN(c1cc(Cl)c(Cl)cc1Cl)S(C)(=O)=O. The summed E-state index contributed by atoms with van der Waals surface area (Å²) in [5, 5.41) is 3.65. The number of nitrogens with zero attached hydrogens (tertiary/aromatic N) is 2. The van der Waals surface area contributed by atoms with E-state index in [4.69, 9.17) is 58.0 Å². The predicted octanol–water partition coefficient (Wildman–Crippen LogP) is 6.44. The van der Waals surface area contributed by atoms with Crippen LogP contribution in [0.15, 0.2) is 30.3 Å². The fourth-order valence-electron chi connectivity index (χ4n) is 3.51. The van der Waals surface area contributed by atoms with E-state index in [0.29, 0.717) is 22.0 Å². The smallest absolute Gasteiger partial charge is 0.244 e. The number of carbonyl (C=O) groups excluding carboxylic acids is 2. The maximum Gasteiger partial charge on any atom is 0.244 e. The first kappa shape index (κ1) is 31.8. The van der Waals surface area contributed by atoms with Crippen molar-refractivity contribution in [3.8, 4) is 0 Å². The summed E-state index contributed by atoms with van der Waals surface area (Å²) < 4.78 is 26.3. The summed E-state index contributed by atoms with van der Waals surface area (Å²) in [7, 11) is -4.02. The van der Waals surface area contributed by atoms with Crippen molar-refractivity contribution in [2.45, 2.75) is 52.2 Å². The first-order chi connectivity index (χ1) is 17.2. The molecule has 0 spiro atoms. The Morgan fingerprint density at radius 3 is 2.00 bits per heavy atom. The summed E-state index contributed by atoms with van der Waals surface area (Å²) in [6, 6.07) is 6.38. The highest BCUT2D eigenvalue weighted by Crippen LogP contribution is 2.36. The molecular weight excluding hydrogens is 604 g/mol. The molecule has 2 aromatic carbocycles. The Labute approximate surface area is 243 Å². The fourth-order valence-corrected chi connectivity index (χ4v) is 5.58. The van der Waals surface area contributed by atoms with Gasteiger partial charge in [-0.3, -0.25) is 13.9 Å². The van der Waals surface area contributed by atoms with Crippen molar-refractivity contribution in [3.05, 3.63) is 61.0 Å². The summed E-state index contributed by atoms with van der Waals surface area (Å²) in [5.74, 6) is -1.05. The Morgan fingerprint density at radius 2 is 1.49 bits per heavy atom. The number of sulfonamides is 1. The zero-order valence-electron chi connectivity index (χ0n) is 20.7. The van der Waals surface area contributed by atoms with Gasteiger partial charge in [0.05, 0.1) is 27.0 Å². The summed E-state index contributed by atoms with van der Waals surface area (Å²) in [6.45, 7) is 4.73. The molecule has 0 fully saturated rings. The maximum atomic E-state index is 13.8. The van der Waals surface area contributed by atoms with Crippen LogP contribution in [-0.4, -0.2) is 50.0 Å². The third kappa shape index (κ3) is 8.28. The monoisotopic (exact) mass is 629 g/mol. The largest absolute Gasteiger partial charge is 0.352 e. The van der Waals surface area contributed by atoms with Crippen LogP contribution in [0.1, 0.15) is 39.2 Å². The van der Waals surface area contributed by atoms with E-state index in [0.717, 1.165) is 10.6 Å². The zero-order chi connectivity index (χ0) is 28.1. The molecule has 0 heterocycles. The van der Waals surface area contributed by atoms with Crippen LogP contribution < -0.4 is 9.62 Å². The molecule has 0 radical (unpaired) electrons. The average Bonchev–Trinajstić information content (AvgIpc) is 2.80. The van der Waals surface area contributed by atoms with Gasteiger partial charge in [-0.25, -0.2) is 8.42 Å². The van der Waals surface area contributed by atoms with Gasteiger partial charge in [-0.15, -0.1) is 0 Å². The molecule has 13 heteroatoms. The molecule has 2 rings (SSSR count). The highest BCUT2D eigenvalue weighted by Gasteiger charge is 2.33. The number of nitrogens with one attached hydrogen (secondary N) is 1. The second-order valence-corrected chi connectivity index (χ2v) is 12.4. The van der Waals surface area contributed by atoms with E-state index in [9.17, 15) is 18.0 Å². The number of rotatable bonds is 11. The van der Waals surface area contributed by atoms with E-state index in [1.54, 1.807) is 25.1 Å². The number of hydrogen-bond acceptors (Lipinski definition) is 4. The first-order valence-corrected chi connectivity index (χ1v) is 15.1. The summed E-state index contributed by atoms with van der Waals surface area (Å²) in [6.07, 6.45) is 1.87. The quantitative estimate of drug-likeness (QED) is 0.289. The van der Waals surface area contributed by atoms with Crippen LogP contribution in [0.4, 0.5) is 5.69 Å². The molecule has 204 valence electrons. The van der Waals surface area contributed by atoms with Crippen molar-refractivity contribution in [1.82, 2.24) is 10.2 Å². The molecule has 2 aromatic rings. The van der Waals surface area contributed by atoms with Gasteiger partial charge < -0.3 is 10.2 Å². The standard InChI is InChI=1S/C24H28Cl5N3O4S/c1-5-14(3)30-24(34)21(6-2)31(12-15-16(25)8-7-9-17(15)26)23(33)13-32(37(4,35)36)22-11-19(28)18(27)10-20(22)29/h7-11,14,21H,5-6,12-13H2,1-4H3,(H,30,34)/t14-,21-/m0/s1. The number of anilines is 1. The summed E-state index contributed by atoms with van der Waals surface area (Å²) in [4.78, 5) is 28.2. The number of hydrogen-bond donors (Lipinski definition) is 1. The lowest BCUT2D eigenvalue weighted by Crippen LogP contribution is -2.53. The molecule has 2 atom stereocenters. The normalized spacial score (nSPS) is 13.1. The minimum atomic E-state index is -4.02. The Bertz CT molecular complexity index is 1240. The number of carbonyl (C=O) groups is 2. The third-order valence-corrected chi connectivity index (χ3v) is 8.57. The Morgan fingerprint density at radius 1 is 0.919 bits per heavy atom. The molecule has 0 saturated carbocycles. The van der Waals surface area contributed by atoms with Gasteiger partial charge in [-0.1, -0.05) is 77.9 Å². The molecular formula is C24H28Cl5N3O4S. The molecule has 0 aliphatic heterocycles. The maximum absolute atomic E-state index is 13.8. The van der Waals surface area contributed by atoms with Crippen molar-refractivity contribution in [1.29, 1.82) is 0 Å². The van der Waals surface area contributed by atoms with Crippen LogP contribution in [-0.2, 0) is 26.2 Å². The third-order valence-electron chi connectivity index (χ3n) is 5.71. The minimum Gasteiger partial charge on any atom is -0.352 e. The van der Waals surface area contributed by atoms with E-state index in [1.807, 2.05) is 13.8 Å². The molecule has 0 bridgehead atoms. The highest BCUT2D eigenvalue weighted by atomic mass is 35.5. The molecule has 2 amide bonds. The zero-order valence-corrected chi connectivity index (χ0v) is 25.3. The van der Waals surface area contributed by atoms with Crippen molar-refractivity contribution in [2.75, 3.05) is 17.1 Å². The van der Waals surface area contributed by atoms with Crippen LogP contribution in [0.25, 0.3) is 0 Å². The molecule has 1 N–H and O–H groups in total.